The molecule has 1 aromatic carbocycles. The minimum Gasteiger partial charge on any atom is -0.423 e. The van der Waals surface area contributed by atoms with Gasteiger partial charge in [0.1, 0.15) is 5.54 Å². The van der Waals surface area contributed by atoms with Gasteiger partial charge in [0.2, 0.25) is 11.8 Å². The highest BCUT2D eigenvalue weighted by Gasteiger charge is 2.62. The van der Waals surface area contributed by atoms with E-state index in [0.717, 1.165) is 49.6 Å². The number of amides is 1. The van der Waals surface area contributed by atoms with Crippen LogP contribution in [0.25, 0.3) is 11.0 Å². The molecule has 0 spiro atoms. The molecule has 0 unspecified atom stereocenters. The third kappa shape index (κ3) is 2.31. The monoisotopic (exact) mass is 393 g/mol. The molecule has 150 valence electrons. The molecule has 7 rings (SSSR count). The lowest BCUT2D eigenvalue weighted by Crippen LogP contribution is -2.46. The van der Waals surface area contributed by atoms with Crippen LogP contribution in [0.1, 0.15) is 66.7 Å². The van der Waals surface area contributed by atoms with Crippen LogP contribution in [0.3, 0.4) is 0 Å². The Bertz CT molecular complexity index is 1180. The minimum atomic E-state index is -0.471. The summed E-state index contributed by atoms with van der Waals surface area (Å²) in [6.45, 7) is 2.47. The molecule has 1 amide bonds. The molecular formula is C21H23N5O3. The Hall–Kier alpha value is -2.90. The second-order valence-electron chi connectivity index (χ2n) is 8.82. The summed E-state index contributed by atoms with van der Waals surface area (Å²) < 4.78 is 7.57. The predicted molar refractivity (Wildman–Crippen MR) is 105 cm³/mol. The van der Waals surface area contributed by atoms with Gasteiger partial charge in [-0.3, -0.25) is 9.36 Å². The van der Waals surface area contributed by atoms with Crippen molar-refractivity contribution in [1.29, 1.82) is 0 Å². The van der Waals surface area contributed by atoms with Crippen LogP contribution >= 0.6 is 0 Å². The van der Waals surface area contributed by atoms with Gasteiger partial charge in [0.15, 0.2) is 0 Å². The van der Waals surface area contributed by atoms with E-state index in [1.807, 2.05) is 27.7 Å². The maximum absolute atomic E-state index is 13.4. The fourth-order valence-corrected chi connectivity index (χ4v) is 5.67. The lowest BCUT2D eigenvalue weighted by molar-refractivity contribution is 0.0451. The Morgan fingerprint density at radius 1 is 1.24 bits per heavy atom. The lowest BCUT2D eigenvalue weighted by atomic mass is 9.73. The van der Waals surface area contributed by atoms with Gasteiger partial charge in [-0.1, -0.05) is 12.8 Å². The average molecular weight is 393 g/mol. The van der Waals surface area contributed by atoms with Crippen molar-refractivity contribution in [2.24, 2.45) is 5.92 Å². The highest BCUT2D eigenvalue weighted by atomic mass is 16.4. The maximum atomic E-state index is 13.4. The first-order chi connectivity index (χ1) is 14.0. The van der Waals surface area contributed by atoms with Gasteiger partial charge in [-0.25, -0.2) is 4.79 Å². The lowest BCUT2D eigenvalue weighted by Gasteiger charge is -2.38. The summed E-state index contributed by atoms with van der Waals surface area (Å²) in [4.78, 5) is 30.8. The highest BCUT2D eigenvalue weighted by molar-refractivity contribution is 5.98. The predicted octanol–water partition coefficient (Wildman–Crippen LogP) is 2.90. The number of H-pyrrole nitrogens is 1. The number of fused-ring (bicyclic) bond motifs is 2. The Morgan fingerprint density at radius 3 is 2.76 bits per heavy atom. The van der Waals surface area contributed by atoms with Crippen molar-refractivity contribution in [3.63, 3.8) is 0 Å². The van der Waals surface area contributed by atoms with Crippen LogP contribution in [0.4, 0.5) is 0 Å². The molecule has 1 N–H and O–H groups in total. The van der Waals surface area contributed by atoms with E-state index in [9.17, 15) is 9.59 Å². The molecule has 4 fully saturated rings. The van der Waals surface area contributed by atoms with Crippen molar-refractivity contribution in [1.82, 2.24) is 24.6 Å². The van der Waals surface area contributed by atoms with Crippen LogP contribution in [-0.2, 0) is 5.54 Å². The molecule has 2 saturated heterocycles. The number of carbonyl (C=O) groups excluding carboxylic acids is 1. The summed E-state index contributed by atoms with van der Waals surface area (Å²) in [5.74, 6) is 1.50. The van der Waals surface area contributed by atoms with Crippen LogP contribution < -0.4 is 5.69 Å². The zero-order valence-electron chi connectivity index (χ0n) is 16.4. The van der Waals surface area contributed by atoms with E-state index in [1.165, 1.54) is 0 Å². The number of aromatic nitrogens is 4. The molecule has 4 aliphatic rings. The van der Waals surface area contributed by atoms with Crippen LogP contribution in [0.15, 0.2) is 27.4 Å². The molecule has 2 aromatic heterocycles. The van der Waals surface area contributed by atoms with Gasteiger partial charge in [0.05, 0.1) is 11.0 Å². The van der Waals surface area contributed by atoms with Crippen molar-refractivity contribution in [2.45, 2.75) is 57.0 Å². The standard InChI is InChI=1S/C21H23N5O3/c1-12-23-24-19(29-12)21-9-13(10-21)11-25(21)18(27)14-6-7-17-16(8-14)22-20(28)26(17)15-4-2-3-5-15/h6-8,13,15H,2-5,9-11H2,1H3,(H,22,28). The smallest absolute Gasteiger partial charge is 0.326 e. The van der Waals surface area contributed by atoms with E-state index in [0.29, 0.717) is 29.8 Å². The molecule has 2 aliphatic heterocycles. The van der Waals surface area contributed by atoms with Gasteiger partial charge in [-0.2, -0.15) is 0 Å². The van der Waals surface area contributed by atoms with Crippen molar-refractivity contribution in [2.75, 3.05) is 6.54 Å². The number of aromatic amines is 1. The normalized spacial score (nSPS) is 26.4. The first kappa shape index (κ1) is 17.0. The van der Waals surface area contributed by atoms with Crippen LogP contribution in [0.5, 0.6) is 0 Å². The zero-order valence-corrected chi connectivity index (χ0v) is 16.4. The van der Waals surface area contributed by atoms with Gasteiger partial charge in [-0.15, -0.1) is 10.2 Å². The van der Waals surface area contributed by atoms with E-state index < -0.39 is 5.54 Å². The average Bonchev–Trinajstić information content (AvgIpc) is 3.46. The number of carbonyl (C=O) groups is 1. The number of aryl methyl sites for hydroxylation is 1. The number of rotatable bonds is 3. The number of nitrogens with one attached hydrogen (secondary N) is 1. The fraction of sp³-hybridized carbons (Fsp3) is 0.524. The first-order valence-corrected chi connectivity index (χ1v) is 10.4. The molecule has 2 bridgehead atoms. The van der Waals surface area contributed by atoms with Crippen molar-refractivity contribution >= 4 is 16.9 Å². The van der Waals surface area contributed by atoms with E-state index in [1.54, 1.807) is 6.92 Å². The second kappa shape index (κ2) is 5.81. The van der Waals surface area contributed by atoms with E-state index >= 15 is 0 Å². The zero-order chi connectivity index (χ0) is 19.8. The molecule has 0 atom stereocenters. The molecule has 4 heterocycles. The minimum absolute atomic E-state index is 0.0442. The van der Waals surface area contributed by atoms with E-state index in [2.05, 4.69) is 15.2 Å². The van der Waals surface area contributed by atoms with Crippen molar-refractivity contribution in [3.05, 3.63) is 46.0 Å². The topological polar surface area (TPSA) is 97.0 Å². The van der Waals surface area contributed by atoms with Crippen molar-refractivity contribution in [3.8, 4) is 0 Å². The largest absolute Gasteiger partial charge is 0.423 e. The highest BCUT2D eigenvalue weighted by Crippen LogP contribution is 2.57. The van der Waals surface area contributed by atoms with Crippen LogP contribution in [0.2, 0.25) is 0 Å². The Morgan fingerprint density at radius 2 is 2.03 bits per heavy atom. The summed E-state index contributed by atoms with van der Waals surface area (Å²) in [5.41, 5.74) is 1.63. The summed E-state index contributed by atoms with van der Waals surface area (Å²) in [7, 11) is 0. The number of hydrogen-bond donors (Lipinski definition) is 1. The molecular weight excluding hydrogens is 370 g/mol. The van der Waals surface area contributed by atoms with E-state index in [4.69, 9.17) is 4.42 Å². The molecule has 3 aromatic rings. The Kier molecular flexibility index (Phi) is 3.40. The number of benzene rings is 1. The van der Waals surface area contributed by atoms with Gasteiger partial charge in [0, 0.05) is 25.1 Å². The van der Waals surface area contributed by atoms with E-state index in [-0.39, 0.29) is 17.6 Å². The second-order valence-corrected chi connectivity index (χ2v) is 8.82. The van der Waals surface area contributed by atoms with Crippen LogP contribution in [0, 0.1) is 12.8 Å². The van der Waals surface area contributed by atoms with Gasteiger partial charge in [-0.05, 0) is 49.8 Å². The summed E-state index contributed by atoms with van der Waals surface area (Å²) in [6.07, 6.45) is 6.14. The first-order valence-electron chi connectivity index (χ1n) is 10.4. The summed E-state index contributed by atoms with van der Waals surface area (Å²) >= 11 is 0. The van der Waals surface area contributed by atoms with Crippen molar-refractivity contribution < 1.29 is 9.21 Å². The maximum Gasteiger partial charge on any atom is 0.326 e. The van der Waals surface area contributed by atoms with Gasteiger partial charge in [0.25, 0.3) is 5.91 Å². The summed E-state index contributed by atoms with van der Waals surface area (Å²) in [5, 5.41) is 8.17. The molecule has 29 heavy (non-hydrogen) atoms. The van der Waals surface area contributed by atoms with Crippen LogP contribution in [-0.4, -0.2) is 37.1 Å². The molecule has 8 nitrogen and oxygen atoms in total. The summed E-state index contributed by atoms with van der Waals surface area (Å²) in [6, 6.07) is 5.81. The van der Waals surface area contributed by atoms with Gasteiger partial charge >= 0.3 is 5.69 Å². The number of hydrogen-bond acceptors (Lipinski definition) is 5. The Labute approximate surface area is 166 Å². The SMILES string of the molecule is Cc1nnc(C23CC(CN2C(=O)c2ccc4c(c2)[nH]c(=O)n4C2CCCC2)C3)o1. The third-order valence-electron chi connectivity index (χ3n) is 7.03. The number of nitrogens with zero attached hydrogens (tertiary/aromatic N) is 4. The molecule has 2 saturated carbocycles. The molecule has 2 aliphatic carbocycles. The third-order valence-corrected chi connectivity index (χ3v) is 7.03. The molecule has 0 radical (unpaired) electrons. The number of imidazole rings is 1. The fourth-order valence-electron chi connectivity index (χ4n) is 5.67. The quantitative estimate of drug-likeness (QED) is 0.738. The van der Waals surface area contributed by atoms with Gasteiger partial charge < -0.3 is 14.3 Å². The Balaban J connectivity index is 1.36. The molecule has 8 heteroatoms.